The number of anilines is 3. The number of amides is 2. The summed E-state index contributed by atoms with van der Waals surface area (Å²) in [6.45, 7) is 5.31. The average Bonchev–Trinajstić information content (AvgIpc) is 3.99. The van der Waals surface area contributed by atoms with Crippen LogP contribution in [0.25, 0.3) is 0 Å². The van der Waals surface area contributed by atoms with Crippen LogP contribution in [0.4, 0.5) is 47.9 Å². The molecular weight excluding hydrogens is 871 g/mol. The summed E-state index contributed by atoms with van der Waals surface area (Å²) in [5, 5.41) is 8.20. The predicted molar refractivity (Wildman–Crippen MR) is 228 cm³/mol. The first-order valence-electron chi connectivity index (χ1n) is 20.4. The quantitative estimate of drug-likeness (QED) is 0.0697. The Balaban J connectivity index is 0.000000219. The Kier molecular flexibility index (Phi) is 16.4. The van der Waals surface area contributed by atoms with E-state index in [-0.39, 0.29) is 64.0 Å². The Morgan fingerprint density at radius 1 is 0.641 bits per heavy atom. The summed E-state index contributed by atoms with van der Waals surface area (Å²) >= 11 is 5.88. The van der Waals surface area contributed by atoms with Gasteiger partial charge in [-0.15, -0.1) is 0 Å². The van der Waals surface area contributed by atoms with E-state index in [4.69, 9.17) is 21.1 Å². The number of hydrogen-bond acceptors (Lipinski definition) is 9. The van der Waals surface area contributed by atoms with Gasteiger partial charge in [-0.25, -0.2) is 14.4 Å². The molecule has 5 aromatic rings. The second-order valence-electron chi connectivity index (χ2n) is 14.8. The number of carbonyl (C=O) groups excluding carboxylic acids is 2. The summed E-state index contributed by atoms with van der Waals surface area (Å²) in [6, 6.07) is 18.6. The number of halogens is 8. The van der Waals surface area contributed by atoms with Crippen molar-refractivity contribution < 1.29 is 49.8 Å². The molecule has 64 heavy (non-hydrogen) atoms. The first kappa shape index (κ1) is 47.5. The van der Waals surface area contributed by atoms with Crippen LogP contribution in [-0.4, -0.2) is 84.1 Å². The molecule has 11 nitrogen and oxygen atoms in total. The monoisotopic (exact) mass is 915 g/mol. The Hall–Kier alpha value is -5.98. The molecule has 0 saturated carbocycles. The Labute approximate surface area is 369 Å². The molecule has 2 aliphatic heterocycles. The molecule has 2 aromatic heterocycles. The number of alkyl halides is 6. The normalized spacial score (nSPS) is 14.4. The number of hydrogen-bond donors (Lipinski definition) is 3. The smallest absolute Gasteiger partial charge is 0.419 e. The lowest BCUT2D eigenvalue weighted by Gasteiger charge is -2.18. The molecule has 2 amide bonds. The van der Waals surface area contributed by atoms with Gasteiger partial charge in [-0.1, -0.05) is 23.7 Å². The van der Waals surface area contributed by atoms with E-state index in [1.807, 2.05) is 0 Å². The van der Waals surface area contributed by atoms with Crippen molar-refractivity contribution in [1.82, 2.24) is 19.8 Å². The maximum atomic E-state index is 13.5. The van der Waals surface area contributed by atoms with E-state index in [0.717, 1.165) is 69.6 Å². The highest BCUT2D eigenvalue weighted by molar-refractivity contribution is 6.33. The molecule has 19 heteroatoms. The van der Waals surface area contributed by atoms with Crippen LogP contribution < -0.4 is 25.4 Å². The lowest BCUT2D eigenvalue weighted by molar-refractivity contribution is -0.139. The number of nitrogens with zero attached hydrogens (tertiary/aromatic N) is 4. The standard InChI is InChI=1S/C26H26F4N4O2.C19H19ClF3N3O2/c27-19-7-5-18(6-8-19)17-32-24-21(4-3-11-31-24)25(35)33-20-9-10-22(26(28,29)30)23(16-20)36-15-14-34-12-1-2-13-34;20-17-14(4-3-7-24-17)18(27)25-13-5-6-15(19(21,22)23)16(12-13)28-11-10-26-8-1-2-9-26/h3-11,16H,1-2,12-15,17H2,(H,31,32)(H,33,35);3-7,12H,1-2,8-11H2,(H,25,27). The van der Waals surface area contributed by atoms with Crippen molar-refractivity contribution >= 4 is 40.6 Å². The van der Waals surface area contributed by atoms with Gasteiger partial charge >= 0.3 is 12.4 Å². The molecule has 7 rings (SSSR count). The average molecular weight is 916 g/mol. The van der Waals surface area contributed by atoms with Crippen molar-refractivity contribution in [2.24, 2.45) is 0 Å². The molecule has 340 valence electrons. The van der Waals surface area contributed by atoms with Crippen molar-refractivity contribution in [3.05, 3.63) is 136 Å². The molecule has 0 aliphatic carbocycles. The summed E-state index contributed by atoms with van der Waals surface area (Å²) in [5.74, 6) is -1.84. The fraction of sp³-hybridized carbons (Fsp3) is 0.333. The van der Waals surface area contributed by atoms with E-state index < -0.39 is 35.3 Å². The fourth-order valence-corrected chi connectivity index (χ4v) is 7.16. The van der Waals surface area contributed by atoms with Crippen LogP contribution in [0.15, 0.2) is 97.3 Å². The first-order chi connectivity index (χ1) is 30.6. The van der Waals surface area contributed by atoms with Gasteiger partial charge in [0.1, 0.15) is 41.5 Å². The summed E-state index contributed by atoms with van der Waals surface area (Å²) in [5.41, 5.74) is -0.327. The van der Waals surface area contributed by atoms with Gasteiger partial charge in [0.2, 0.25) is 0 Å². The molecule has 0 atom stereocenters. The third kappa shape index (κ3) is 13.8. The maximum Gasteiger partial charge on any atom is 0.419 e. The number of carbonyl (C=O) groups is 2. The minimum Gasteiger partial charge on any atom is -0.492 e. The molecule has 2 aliphatic rings. The SMILES string of the molecule is O=C(Nc1ccc(C(F)(F)F)c(OCCN2CCCC2)c1)c1cccnc1Cl.O=C(Nc1ccc(C(F)(F)F)c(OCCN2CCCC2)c1)c1cccnc1NCc1ccc(F)cc1. The lowest BCUT2D eigenvalue weighted by Crippen LogP contribution is -2.25. The third-order valence-electron chi connectivity index (χ3n) is 10.2. The number of rotatable bonds is 15. The molecular formula is C45H45ClF7N7O4. The molecule has 3 aromatic carbocycles. The topological polar surface area (TPSA) is 121 Å². The van der Waals surface area contributed by atoms with Gasteiger partial charge in [-0.3, -0.25) is 19.4 Å². The van der Waals surface area contributed by atoms with Crippen LogP contribution in [0.3, 0.4) is 0 Å². The highest BCUT2D eigenvalue weighted by atomic mass is 35.5. The minimum absolute atomic E-state index is 0.00833. The number of benzene rings is 3. The Morgan fingerprint density at radius 2 is 1.11 bits per heavy atom. The molecule has 0 unspecified atom stereocenters. The predicted octanol–water partition coefficient (Wildman–Crippen LogP) is 10.1. The number of nitrogens with one attached hydrogen (secondary N) is 3. The Bertz CT molecular complexity index is 2340. The van der Waals surface area contributed by atoms with Crippen molar-refractivity contribution in [1.29, 1.82) is 0 Å². The first-order valence-corrected chi connectivity index (χ1v) is 20.8. The highest BCUT2D eigenvalue weighted by Crippen LogP contribution is 2.39. The van der Waals surface area contributed by atoms with Gasteiger partial charge in [0, 0.05) is 55.5 Å². The number of pyridine rings is 2. The van der Waals surface area contributed by atoms with Gasteiger partial charge in [0.15, 0.2) is 0 Å². The molecule has 0 bridgehead atoms. The molecule has 2 saturated heterocycles. The van der Waals surface area contributed by atoms with E-state index in [1.54, 1.807) is 30.3 Å². The van der Waals surface area contributed by atoms with Gasteiger partial charge in [0.05, 0.1) is 22.3 Å². The van der Waals surface area contributed by atoms with Crippen LogP contribution >= 0.6 is 11.6 Å². The van der Waals surface area contributed by atoms with Crippen LogP contribution in [0.2, 0.25) is 5.15 Å². The van der Waals surface area contributed by atoms with Gasteiger partial charge < -0.3 is 25.4 Å². The Morgan fingerprint density at radius 3 is 1.59 bits per heavy atom. The lowest BCUT2D eigenvalue weighted by atomic mass is 10.1. The zero-order chi connectivity index (χ0) is 45.7. The maximum absolute atomic E-state index is 13.5. The van der Waals surface area contributed by atoms with Crippen molar-refractivity contribution in [2.45, 2.75) is 44.6 Å². The summed E-state index contributed by atoms with van der Waals surface area (Å²) in [6.07, 6.45) is -1.88. The summed E-state index contributed by atoms with van der Waals surface area (Å²) < 4.78 is 104. The van der Waals surface area contributed by atoms with E-state index in [1.165, 1.54) is 54.9 Å². The van der Waals surface area contributed by atoms with Crippen molar-refractivity contribution in [2.75, 3.05) is 68.4 Å². The van der Waals surface area contributed by atoms with Crippen molar-refractivity contribution in [3.8, 4) is 11.5 Å². The second-order valence-corrected chi connectivity index (χ2v) is 15.2. The van der Waals surface area contributed by atoms with E-state index >= 15 is 0 Å². The van der Waals surface area contributed by atoms with E-state index in [9.17, 15) is 40.3 Å². The van der Waals surface area contributed by atoms with Gasteiger partial charge in [-0.2, -0.15) is 26.3 Å². The molecule has 0 radical (unpaired) electrons. The third-order valence-corrected chi connectivity index (χ3v) is 10.5. The summed E-state index contributed by atoms with van der Waals surface area (Å²) in [7, 11) is 0. The van der Waals surface area contributed by atoms with Crippen LogP contribution in [-0.2, 0) is 18.9 Å². The largest absolute Gasteiger partial charge is 0.492 e. The number of aromatic nitrogens is 2. The number of ether oxygens (including phenoxy) is 2. The van der Waals surface area contributed by atoms with Crippen LogP contribution in [0.5, 0.6) is 11.5 Å². The van der Waals surface area contributed by atoms with Gasteiger partial charge in [0.25, 0.3) is 11.8 Å². The van der Waals surface area contributed by atoms with Crippen molar-refractivity contribution in [3.63, 3.8) is 0 Å². The second kappa shape index (κ2) is 22.1. The van der Waals surface area contributed by atoms with E-state index in [0.29, 0.717) is 19.6 Å². The van der Waals surface area contributed by atoms with Crippen LogP contribution in [0, 0.1) is 5.82 Å². The zero-order valence-electron chi connectivity index (χ0n) is 34.4. The summed E-state index contributed by atoms with van der Waals surface area (Å²) in [4.78, 5) is 37.6. The molecule has 4 heterocycles. The fourth-order valence-electron chi connectivity index (χ4n) is 6.96. The molecule has 3 N–H and O–H groups in total. The highest BCUT2D eigenvalue weighted by Gasteiger charge is 2.36. The zero-order valence-corrected chi connectivity index (χ0v) is 35.1. The van der Waals surface area contributed by atoms with Gasteiger partial charge in [-0.05, 0) is 118 Å². The van der Waals surface area contributed by atoms with Crippen LogP contribution in [0.1, 0.15) is 63.1 Å². The minimum atomic E-state index is -4.59. The number of likely N-dealkylation sites (tertiary alicyclic amines) is 2. The molecule has 0 spiro atoms. The van der Waals surface area contributed by atoms with E-state index in [2.05, 4.69) is 35.7 Å². The molecule has 2 fully saturated rings.